The van der Waals surface area contributed by atoms with Crippen molar-refractivity contribution in [3.8, 4) is 33.9 Å². The van der Waals surface area contributed by atoms with E-state index in [-0.39, 0.29) is 5.56 Å². The van der Waals surface area contributed by atoms with Gasteiger partial charge in [-0.2, -0.15) is 0 Å². The Hall–Kier alpha value is -3.01. The van der Waals surface area contributed by atoms with Gasteiger partial charge < -0.3 is 14.5 Å². The molecule has 0 aliphatic heterocycles. The SMILES string of the molecule is COc1cc(OC)cc(-c2cc(-c3ccccc3)[nH]c(=O)c2)c1. The second kappa shape index (κ2) is 6.40. The fraction of sp³-hybridized carbons (Fsp3) is 0.105. The normalized spacial score (nSPS) is 10.3. The van der Waals surface area contributed by atoms with Crippen molar-refractivity contribution in [1.82, 2.24) is 4.98 Å². The number of rotatable bonds is 4. The third kappa shape index (κ3) is 3.26. The van der Waals surface area contributed by atoms with Gasteiger partial charge in [0.25, 0.3) is 0 Å². The summed E-state index contributed by atoms with van der Waals surface area (Å²) in [6, 6.07) is 18.8. The van der Waals surface area contributed by atoms with Crippen LogP contribution in [0.15, 0.2) is 65.5 Å². The van der Waals surface area contributed by atoms with Crippen molar-refractivity contribution in [2.45, 2.75) is 0 Å². The highest BCUT2D eigenvalue weighted by atomic mass is 16.5. The molecule has 0 aliphatic rings. The Labute approximate surface area is 134 Å². The zero-order valence-corrected chi connectivity index (χ0v) is 13.0. The molecular formula is C19H17NO3. The van der Waals surface area contributed by atoms with E-state index in [1.54, 1.807) is 26.4 Å². The van der Waals surface area contributed by atoms with Crippen LogP contribution >= 0.6 is 0 Å². The largest absolute Gasteiger partial charge is 0.497 e. The lowest BCUT2D eigenvalue weighted by Crippen LogP contribution is -2.05. The predicted octanol–water partition coefficient (Wildman–Crippen LogP) is 3.73. The Morgan fingerprint density at radius 3 is 1.96 bits per heavy atom. The Bertz CT molecular complexity index is 847. The van der Waals surface area contributed by atoms with Gasteiger partial charge in [-0.25, -0.2) is 0 Å². The van der Waals surface area contributed by atoms with Crippen molar-refractivity contribution in [2.75, 3.05) is 14.2 Å². The molecule has 0 aliphatic carbocycles. The number of aromatic amines is 1. The number of hydrogen-bond donors (Lipinski definition) is 1. The molecule has 0 spiro atoms. The van der Waals surface area contributed by atoms with Crippen LogP contribution < -0.4 is 15.0 Å². The van der Waals surface area contributed by atoms with E-state index in [0.29, 0.717) is 11.5 Å². The highest BCUT2D eigenvalue weighted by Crippen LogP contribution is 2.30. The molecule has 1 heterocycles. The summed E-state index contributed by atoms with van der Waals surface area (Å²) in [6.07, 6.45) is 0. The van der Waals surface area contributed by atoms with Gasteiger partial charge in [0.2, 0.25) is 5.56 Å². The van der Waals surface area contributed by atoms with E-state index < -0.39 is 0 Å². The van der Waals surface area contributed by atoms with Crippen molar-refractivity contribution in [3.63, 3.8) is 0 Å². The molecule has 0 radical (unpaired) electrons. The average molecular weight is 307 g/mol. The summed E-state index contributed by atoms with van der Waals surface area (Å²) < 4.78 is 10.6. The van der Waals surface area contributed by atoms with E-state index in [4.69, 9.17) is 9.47 Å². The Balaban J connectivity index is 2.14. The molecule has 0 unspecified atom stereocenters. The molecule has 1 N–H and O–H groups in total. The van der Waals surface area contributed by atoms with E-state index in [1.807, 2.05) is 48.5 Å². The average Bonchev–Trinajstić information content (AvgIpc) is 2.61. The minimum absolute atomic E-state index is 0.150. The Morgan fingerprint density at radius 1 is 0.739 bits per heavy atom. The maximum Gasteiger partial charge on any atom is 0.249 e. The minimum Gasteiger partial charge on any atom is -0.497 e. The lowest BCUT2D eigenvalue weighted by atomic mass is 10.0. The van der Waals surface area contributed by atoms with Crippen molar-refractivity contribution in [2.24, 2.45) is 0 Å². The third-order valence-electron chi connectivity index (χ3n) is 3.61. The van der Waals surface area contributed by atoms with Crippen molar-refractivity contribution < 1.29 is 9.47 Å². The van der Waals surface area contributed by atoms with E-state index in [9.17, 15) is 4.79 Å². The molecule has 4 heteroatoms. The molecule has 1 aromatic heterocycles. The van der Waals surface area contributed by atoms with Gasteiger partial charge in [-0.1, -0.05) is 30.3 Å². The molecule has 23 heavy (non-hydrogen) atoms. The number of H-pyrrole nitrogens is 1. The number of aromatic nitrogens is 1. The second-order valence-corrected chi connectivity index (χ2v) is 5.11. The minimum atomic E-state index is -0.150. The zero-order valence-electron chi connectivity index (χ0n) is 13.0. The molecule has 0 saturated carbocycles. The maximum atomic E-state index is 12.0. The highest BCUT2D eigenvalue weighted by molar-refractivity contribution is 5.72. The number of pyridine rings is 1. The Kier molecular flexibility index (Phi) is 4.15. The maximum absolute atomic E-state index is 12.0. The molecular weight excluding hydrogens is 290 g/mol. The molecule has 0 saturated heterocycles. The monoisotopic (exact) mass is 307 g/mol. The number of benzene rings is 2. The van der Waals surface area contributed by atoms with E-state index in [0.717, 1.165) is 22.4 Å². The molecule has 0 amide bonds. The zero-order chi connectivity index (χ0) is 16.2. The highest BCUT2D eigenvalue weighted by Gasteiger charge is 2.07. The topological polar surface area (TPSA) is 51.3 Å². The van der Waals surface area contributed by atoms with E-state index in [1.165, 1.54) is 0 Å². The van der Waals surface area contributed by atoms with Gasteiger partial charge in [0.1, 0.15) is 11.5 Å². The van der Waals surface area contributed by atoms with Gasteiger partial charge >= 0.3 is 0 Å². The molecule has 3 rings (SSSR count). The third-order valence-corrected chi connectivity index (χ3v) is 3.61. The Morgan fingerprint density at radius 2 is 1.35 bits per heavy atom. The molecule has 0 fully saturated rings. The summed E-state index contributed by atoms with van der Waals surface area (Å²) in [5.41, 5.74) is 3.26. The summed E-state index contributed by atoms with van der Waals surface area (Å²) in [4.78, 5) is 14.9. The first-order chi connectivity index (χ1) is 11.2. The lowest BCUT2D eigenvalue weighted by Gasteiger charge is -2.10. The van der Waals surface area contributed by atoms with Crippen LogP contribution in [0.4, 0.5) is 0 Å². The summed E-state index contributed by atoms with van der Waals surface area (Å²) in [7, 11) is 3.21. The number of ether oxygens (including phenoxy) is 2. The van der Waals surface area contributed by atoms with Crippen molar-refractivity contribution in [1.29, 1.82) is 0 Å². The van der Waals surface area contributed by atoms with Gasteiger partial charge in [0, 0.05) is 17.8 Å². The summed E-state index contributed by atoms with van der Waals surface area (Å²) in [5, 5.41) is 0. The van der Waals surface area contributed by atoms with Crippen LogP contribution in [-0.4, -0.2) is 19.2 Å². The number of hydrogen-bond acceptors (Lipinski definition) is 3. The van der Waals surface area contributed by atoms with Crippen LogP contribution in [0.1, 0.15) is 0 Å². The summed E-state index contributed by atoms with van der Waals surface area (Å²) >= 11 is 0. The first-order valence-electron chi connectivity index (χ1n) is 7.23. The fourth-order valence-electron chi connectivity index (χ4n) is 2.46. The van der Waals surface area contributed by atoms with Gasteiger partial charge in [-0.05, 0) is 34.9 Å². The van der Waals surface area contributed by atoms with Crippen LogP contribution in [0.25, 0.3) is 22.4 Å². The summed E-state index contributed by atoms with van der Waals surface area (Å²) in [6.45, 7) is 0. The molecule has 116 valence electrons. The van der Waals surface area contributed by atoms with Gasteiger partial charge in [-0.3, -0.25) is 4.79 Å². The van der Waals surface area contributed by atoms with Crippen LogP contribution in [0, 0.1) is 0 Å². The van der Waals surface area contributed by atoms with Gasteiger partial charge in [0.05, 0.1) is 14.2 Å². The first kappa shape index (κ1) is 14.9. The molecule has 2 aromatic carbocycles. The van der Waals surface area contributed by atoms with Crippen LogP contribution in [0.5, 0.6) is 11.5 Å². The molecule has 0 bridgehead atoms. The van der Waals surface area contributed by atoms with E-state index >= 15 is 0 Å². The molecule has 3 aromatic rings. The van der Waals surface area contributed by atoms with Crippen LogP contribution in [0.2, 0.25) is 0 Å². The molecule has 0 atom stereocenters. The standard InChI is InChI=1S/C19H17NO3/c1-22-16-8-14(9-17(12-16)23-2)15-10-18(20-19(21)11-15)13-6-4-3-5-7-13/h3-12H,1-2H3,(H,20,21). The van der Waals surface area contributed by atoms with Crippen LogP contribution in [-0.2, 0) is 0 Å². The van der Waals surface area contributed by atoms with Crippen molar-refractivity contribution >= 4 is 0 Å². The fourth-order valence-corrected chi connectivity index (χ4v) is 2.46. The first-order valence-corrected chi connectivity index (χ1v) is 7.23. The lowest BCUT2D eigenvalue weighted by molar-refractivity contribution is 0.394. The number of methoxy groups -OCH3 is 2. The number of nitrogens with one attached hydrogen (secondary N) is 1. The van der Waals surface area contributed by atoms with E-state index in [2.05, 4.69) is 4.98 Å². The van der Waals surface area contributed by atoms with Crippen LogP contribution in [0.3, 0.4) is 0 Å². The van der Waals surface area contributed by atoms with Gasteiger partial charge in [-0.15, -0.1) is 0 Å². The summed E-state index contributed by atoms with van der Waals surface area (Å²) in [5.74, 6) is 1.36. The molecule has 4 nitrogen and oxygen atoms in total. The predicted molar refractivity (Wildman–Crippen MR) is 91.0 cm³/mol. The van der Waals surface area contributed by atoms with Gasteiger partial charge in [0.15, 0.2) is 0 Å². The van der Waals surface area contributed by atoms with Crippen molar-refractivity contribution in [3.05, 3.63) is 71.0 Å². The smallest absolute Gasteiger partial charge is 0.249 e. The quantitative estimate of drug-likeness (QED) is 0.799. The second-order valence-electron chi connectivity index (χ2n) is 5.11.